The average Bonchev–Trinajstić information content (AvgIpc) is 2.13. The standard InChI is InChI=1S/C7H14N2O/c1-2-3-9-5-6(8)4-7(9)10/h6H,2-5,8H2,1H3. The lowest BCUT2D eigenvalue weighted by atomic mass is 10.3. The van der Waals surface area contributed by atoms with Gasteiger partial charge in [0.2, 0.25) is 5.91 Å². The van der Waals surface area contributed by atoms with E-state index in [-0.39, 0.29) is 11.9 Å². The number of likely N-dealkylation sites (tertiary alicyclic amines) is 1. The maximum atomic E-state index is 11.0. The smallest absolute Gasteiger partial charge is 0.224 e. The van der Waals surface area contributed by atoms with Gasteiger partial charge in [-0.1, -0.05) is 6.92 Å². The van der Waals surface area contributed by atoms with Crippen LogP contribution in [0.5, 0.6) is 0 Å². The summed E-state index contributed by atoms with van der Waals surface area (Å²) in [6.07, 6.45) is 1.57. The van der Waals surface area contributed by atoms with Crippen molar-refractivity contribution < 1.29 is 4.79 Å². The first-order valence-electron chi connectivity index (χ1n) is 3.77. The molecule has 1 amide bonds. The third-order valence-electron chi connectivity index (χ3n) is 1.74. The molecule has 0 aromatic carbocycles. The van der Waals surface area contributed by atoms with Crippen LogP contribution in [0.2, 0.25) is 0 Å². The SMILES string of the molecule is CCCN1CC(N)CC1=O. The molecule has 1 atom stereocenters. The van der Waals surface area contributed by atoms with Gasteiger partial charge in [-0.05, 0) is 6.42 Å². The van der Waals surface area contributed by atoms with Gasteiger partial charge in [0.25, 0.3) is 0 Å². The van der Waals surface area contributed by atoms with Crippen molar-refractivity contribution in [1.29, 1.82) is 0 Å². The van der Waals surface area contributed by atoms with Crippen LogP contribution in [0.25, 0.3) is 0 Å². The highest BCUT2D eigenvalue weighted by Crippen LogP contribution is 2.08. The first kappa shape index (κ1) is 7.54. The van der Waals surface area contributed by atoms with Gasteiger partial charge < -0.3 is 10.6 Å². The largest absolute Gasteiger partial charge is 0.341 e. The Bertz CT molecular complexity index is 136. The van der Waals surface area contributed by atoms with Gasteiger partial charge in [-0.2, -0.15) is 0 Å². The van der Waals surface area contributed by atoms with Gasteiger partial charge in [0.15, 0.2) is 0 Å². The molecule has 3 heteroatoms. The van der Waals surface area contributed by atoms with Crippen LogP contribution in [0.1, 0.15) is 19.8 Å². The Kier molecular flexibility index (Phi) is 2.27. The van der Waals surface area contributed by atoms with E-state index in [2.05, 4.69) is 6.92 Å². The Morgan fingerprint density at radius 2 is 2.50 bits per heavy atom. The number of hydrogen-bond acceptors (Lipinski definition) is 2. The number of carbonyl (C=O) groups is 1. The molecule has 1 aliphatic rings. The van der Waals surface area contributed by atoms with E-state index in [9.17, 15) is 4.79 Å². The highest BCUT2D eigenvalue weighted by Gasteiger charge is 2.25. The second-order valence-corrected chi connectivity index (χ2v) is 2.80. The van der Waals surface area contributed by atoms with Crippen LogP contribution in [-0.2, 0) is 4.79 Å². The van der Waals surface area contributed by atoms with Gasteiger partial charge in [-0.3, -0.25) is 4.79 Å². The van der Waals surface area contributed by atoms with E-state index >= 15 is 0 Å². The van der Waals surface area contributed by atoms with E-state index in [0.717, 1.165) is 19.5 Å². The van der Waals surface area contributed by atoms with Crippen molar-refractivity contribution in [2.75, 3.05) is 13.1 Å². The van der Waals surface area contributed by atoms with Gasteiger partial charge in [0.05, 0.1) is 0 Å². The van der Waals surface area contributed by atoms with Crippen LogP contribution in [0.15, 0.2) is 0 Å². The second-order valence-electron chi connectivity index (χ2n) is 2.80. The lowest BCUT2D eigenvalue weighted by Crippen LogP contribution is -2.28. The van der Waals surface area contributed by atoms with Gasteiger partial charge in [-0.25, -0.2) is 0 Å². The lowest BCUT2D eigenvalue weighted by molar-refractivity contribution is -0.127. The molecular weight excluding hydrogens is 128 g/mol. The molecule has 3 nitrogen and oxygen atoms in total. The van der Waals surface area contributed by atoms with Crippen molar-refractivity contribution in [3.8, 4) is 0 Å². The monoisotopic (exact) mass is 142 g/mol. The van der Waals surface area contributed by atoms with E-state index in [1.165, 1.54) is 0 Å². The fourth-order valence-corrected chi connectivity index (χ4v) is 1.29. The molecule has 1 aliphatic heterocycles. The van der Waals surface area contributed by atoms with Crippen molar-refractivity contribution in [1.82, 2.24) is 4.90 Å². The van der Waals surface area contributed by atoms with Crippen LogP contribution in [0.3, 0.4) is 0 Å². The summed E-state index contributed by atoms with van der Waals surface area (Å²) in [5, 5.41) is 0. The molecule has 0 spiro atoms. The predicted molar refractivity (Wildman–Crippen MR) is 39.5 cm³/mol. The zero-order valence-corrected chi connectivity index (χ0v) is 6.34. The molecule has 0 radical (unpaired) electrons. The van der Waals surface area contributed by atoms with Gasteiger partial charge in [0, 0.05) is 25.6 Å². The maximum absolute atomic E-state index is 11.0. The molecule has 1 heterocycles. The summed E-state index contributed by atoms with van der Waals surface area (Å²) in [4.78, 5) is 12.9. The quantitative estimate of drug-likeness (QED) is 0.588. The van der Waals surface area contributed by atoms with Crippen molar-refractivity contribution in [3.63, 3.8) is 0 Å². The Morgan fingerprint density at radius 3 is 2.90 bits per heavy atom. The normalized spacial score (nSPS) is 26.0. The number of nitrogens with zero attached hydrogens (tertiary/aromatic N) is 1. The third-order valence-corrected chi connectivity index (χ3v) is 1.74. The Labute approximate surface area is 61.2 Å². The van der Waals surface area contributed by atoms with Crippen molar-refractivity contribution in [3.05, 3.63) is 0 Å². The van der Waals surface area contributed by atoms with Crippen molar-refractivity contribution in [2.45, 2.75) is 25.8 Å². The number of rotatable bonds is 2. The number of amides is 1. The van der Waals surface area contributed by atoms with Crippen molar-refractivity contribution >= 4 is 5.91 Å². The number of nitrogens with two attached hydrogens (primary N) is 1. The predicted octanol–water partition coefficient (Wildman–Crippen LogP) is -0.0440. The van der Waals surface area contributed by atoms with Gasteiger partial charge >= 0.3 is 0 Å². The van der Waals surface area contributed by atoms with E-state index in [4.69, 9.17) is 5.73 Å². The molecule has 0 bridgehead atoms. The summed E-state index contributed by atoms with van der Waals surface area (Å²) in [6, 6.07) is 0.0825. The molecule has 0 aromatic heterocycles. The molecule has 1 saturated heterocycles. The van der Waals surface area contributed by atoms with E-state index < -0.39 is 0 Å². The maximum Gasteiger partial charge on any atom is 0.224 e. The van der Waals surface area contributed by atoms with E-state index in [1.54, 1.807) is 0 Å². The zero-order valence-electron chi connectivity index (χ0n) is 6.34. The Balaban J connectivity index is 2.39. The van der Waals surface area contributed by atoms with E-state index in [1.807, 2.05) is 4.90 Å². The first-order valence-corrected chi connectivity index (χ1v) is 3.77. The summed E-state index contributed by atoms with van der Waals surface area (Å²) < 4.78 is 0. The van der Waals surface area contributed by atoms with E-state index in [0.29, 0.717) is 6.42 Å². The van der Waals surface area contributed by atoms with Crippen LogP contribution >= 0.6 is 0 Å². The Morgan fingerprint density at radius 1 is 1.80 bits per heavy atom. The summed E-state index contributed by atoms with van der Waals surface area (Å²) in [5.74, 6) is 0.217. The number of hydrogen-bond donors (Lipinski definition) is 1. The highest BCUT2D eigenvalue weighted by molar-refractivity contribution is 5.79. The Hall–Kier alpha value is -0.570. The molecule has 1 fully saturated rings. The van der Waals surface area contributed by atoms with Crippen molar-refractivity contribution in [2.24, 2.45) is 5.73 Å². The molecule has 58 valence electrons. The lowest BCUT2D eigenvalue weighted by Gasteiger charge is -2.13. The van der Waals surface area contributed by atoms with Gasteiger partial charge in [-0.15, -0.1) is 0 Å². The summed E-state index contributed by atoms with van der Waals surface area (Å²) in [5.41, 5.74) is 5.58. The second kappa shape index (κ2) is 3.01. The topological polar surface area (TPSA) is 46.3 Å². The molecule has 0 aliphatic carbocycles. The zero-order chi connectivity index (χ0) is 7.56. The van der Waals surface area contributed by atoms with Crippen LogP contribution in [0, 0.1) is 0 Å². The minimum Gasteiger partial charge on any atom is -0.341 e. The molecule has 1 rings (SSSR count). The number of carbonyl (C=O) groups excluding carboxylic acids is 1. The minimum absolute atomic E-state index is 0.0825. The summed E-state index contributed by atoms with van der Waals surface area (Å²) in [6.45, 7) is 3.69. The summed E-state index contributed by atoms with van der Waals surface area (Å²) in [7, 11) is 0. The molecular formula is C7H14N2O. The average molecular weight is 142 g/mol. The molecule has 2 N–H and O–H groups in total. The minimum atomic E-state index is 0.0825. The fraction of sp³-hybridized carbons (Fsp3) is 0.857. The van der Waals surface area contributed by atoms with Gasteiger partial charge in [0.1, 0.15) is 0 Å². The van der Waals surface area contributed by atoms with Crippen LogP contribution in [0.4, 0.5) is 0 Å². The highest BCUT2D eigenvalue weighted by atomic mass is 16.2. The molecule has 10 heavy (non-hydrogen) atoms. The van der Waals surface area contributed by atoms with Crippen LogP contribution < -0.4 is 5.73 Å². The first-order chi connectivity index (χ1) is 4.74. The molecule has 0 saturated carbocycles. The molecule has 1 unspecified atom stereocenters. The third kappa shape index (κ3) is 1.48. The summed E-state index contributed by atoms with van der Waals surface area (Å²) >= 11 is 0. The fourth-order valence-electron chi connectivity index (χ4n) is 1.29. The van der Waals surface area contributed by atoms with Crippen LogP contribution in [-0.4, -0.2) is 29.9 Å². The molecule has 0 aromatic rings.